The van der Waals surface area contributed by atoms with Crippen LogP contribution in [0.1, 0.15) is 0 Å². The van der Waals surface area contributed by atoms with Gasteiger partial charge in [0.15, 0.2) is 0 Å². The molecule has 74 valence electrons. The largest absolute Gasteiger partial charge is 0.507 e. The molecule has 0 bridgehead atoms. The zero-order valence-corrected chi connectivity index (χ0v) is 7.55. The first-order valence-electron chi connectivity index (χ1n) is 4.36. The van der Waals surface area contributed by atoms with Gasteiger partial charge in [-0.15, -0.1) is 0 Å². The lowest BCUT2D eigenvalue weighted by atomic mass is 10.4. The Balaban J connectivity index is 2.16. The van der Waals surface area contributed by atoms with Crippen LogP contribution in [0.3, 0.4) is 0 Å². The number of hydrogen-bond acceptors (Lipinski definition) is 4. The first kappa shape index (κ1) is 9.01. The molecule has 0 aliphatic carbocycles. The van der Waals surface area contributed by atoms with E-state index in [1.807, 2.05) is 0 Å². The van der Waals surface area contributed by atoms with Crippen molar-refractivity contribution < 1.29 is 19.0 Å². The van der Waals surface area contributed by atoms with Crippen molar-refractivity contribution in [2.75, 3.05) is 26.3 Å². The number of hydrogen-bond donors (Lipinski definition) is 0. The van der Waals surface area contributed by atoms with Gasteiger partial charge in [-0.3, -0.25) is 4.79 Å². The Bertz CT molecular complexity index is 329. The van der Waals surface area contributed by atoms with Crippen LogP contribution in [0.5, 0.6) is 0 Å². The number of nitrogens with zero attached hydrogens (tertiary/aromatic N) is 3. The Morgan fingerprint density at radius 1 is 1.36 bits per heavy atom. The van der Waals surface area contributed by atoms with Crippen molar-refractivity contribution in [3.05, 3.63) is 0 Å². The van der Waals surface area contributed by atoms with E-state index in [1.54, 1.807) is 5.01 Å². The molecule has 6 nitrogen and oxygen atoms in total. The monoisotopic (exact) mass is 196 g/mol. The smallest absolute Gasteiger partial charge is 0.377 e. The molecule has 0 atom stereocenters. The lowest BCUT2D eigenvalue weighted by Crippen LogP contribution is -2.49. The number of hydrazine groups is 1. The zero-order valence-electron chi connectivity index (χ0n) is 7.55. The van der Waals surface area contributed by atoms with Crippen LogP contribution in [0.4, 0.5) is 0 Å². The van der Waals surface area contributed by atoms with Gasteiger partial charge in [0.1, 0.15) is 0 Å². The second-order valence-corrected chi connectivity index (χ2v) is 2.95. The summed E-state index contributed by atoms with van der Waals surface area (Å²) in [6.45, 7) is 2.37. The third-order valence-corrected chi connectivity index (χ3v) is 2.08. The molecule has 2 aliphatic heterocycles. The SMILES string of the molecule is O=C1N=CC=[N+](N2CCOCC2)C1=O. The summed E-state index contributed by atoms with van der Waals surface area (Å²) in [5.41, 5.74) is 0. The molecule has 2 rings (SSSR count). The molecule has 14 heavy (non-hydrogen) atoms. The lowest BCUT2D eigenvalue weighted by molar-refractivity contribution is -0.615. The standard InChI is InChI=1S/C8H10N3O3/c12-7-8(13)11(2-1-9-7)10-3-5-14-6-4-10/h1-2H,3-6H2/q+1. The minimum Gasteiger partial charge on any atom is -0.377 e. The van der Waals surface area contributed by atoms with Crippen LogP contribution in [0.25, 0.3) is 0 Å². The number of rotatable bonds is 1. The van der Waals surface area contributed by atoms with Crippen LogP contribution >= 0.6 is 0 Å². The molecule has 2 heterocycles. The quantitative estimate of drug-likeness (QED) is 0.376. The van der Waals surface area contributed by atoms with Crippen molar-refractivity contribution >= 4 is 24.2 Å². The zero-order chi connectivity index (χ0) is 9.97. The summed E-state index contributed by atoms with van der Waals surface area (Å²) < 4.78 is 6.44. The summed E-state index contributed by atoms with van der Waals surface area (Å²) in [6.07, 6.45) is 2.83. The third kappa shape index (κ3) is 1.56. The van der Waals surface area contributed by atoms with Crippen molar-refractivity contribution in [3.63, 3.8) is 0 Å². The molecule has 6 heteroatoms. The molecule has 0 saturated carbocycles. The molecule has 0 radical (unpaired) electrons. The maximum atomic E-state index is 11.4. The van der Waals surface area contributed by atoms with Crippen molar-refractivity contribution in [2.24, 2.45) is 4.99 Å². The van der Waals surface area contributed by atoms with Gasteiger partial charge in [0.25, 0.3) is 0 Å². The van der Waals surface area contributed by atoms with Crippen LogP contribution in [0.15, 0.2) is 4.99 Å². The van der Waals surface area contributed by atoms with Gasteiger partial charge in [-0.2, -0.15) is 5.01 Å². The molecule has 0 aromatic carbocycles. The summed E-state index contributed by atoms with van der Waals surface area (Å²) in [6, 6.07) is 0. The minimum absolute atomic E-state index is 0.572. The maximum Gasteiger partial charge on any atom is 0.507 e. The Labute approximate surface area is 80.4 Å². The van der Waals surface area contributed by atoms with Gasteiger partial charge in [-0.05, 0) is 4.68 Å². The molecule has 0 spiro atoms. The van der Waals surface area contributed by atoms with Crippen LogP contribution in [0, 0.1) is 0 Å². The highest BCUT2D eigenvalue weighted by atomic mass is 16.5. The fourth-order valence-electron chi connectivity index (χ4n) is 1.38. The van der Waals surface area contributed by atoms with Crippen LogP contribution in [0.2, 0.25) is 0 Å². The first-order valence-corrected chi connectivity index (χ1v) is 4.36. The van der Waals surface area contributed by atoms with Gasteiger partial charge in [0.05, 0.1) is 32.5 Å². The molecular weight excluding hydrogens is 186 g/mol. The highest BCUT2D eigenvalue weighted by molar-refractivity contribution is 6.39. The van der Waals surface area contributed by atoms with Crippen LogP contribution in [-0.2, 0) is 14.3 Å². The number of hydrazone groups is 1. The molecule has 0 aromatic heterocycles. The lowest BCUT2D eigenvalue weighted by Gasteiger charge is -2.23. The molecule has 0 unspecified atom stereocenters. The van der Waals surface area contributed by atoms with Gasteiger partial charge >= 0.3 is 11.8 Å². The number of ether oxygens (including phenoxy) is 1. The summed E-state index contributed by atoms with van der Waals surface area (Å²) in [5, 5.41) is 1.77. The fraction of sp³-hybridized carbons (Fsp3) is 0.500. The van der Waals surface area contributed by atoms with Crippen molar-refractivity contribution in [2.45, 2.75) is 0 Å². The van der Waals surface area contributed by atoms with Crippen molar-refractivity contribution in [1.82, 2.24) is 5.01 Å². The highest BCUT2D eigenvalue weighted by Crippen LogP contribution is 2.00. The predicted molar refractivity (Wildman–Crippen MR) is 47.2 cm³/mol. The minimum atomic E-state index is -0.723. The van der Waals surface area contributed by atoms with Crippen molar-refractivity contribution in [1.29, 1.82) is 0 Å². The summed E-state index contributed by atoms with van der Waals surface area (Å²) in [5.74, 6) is -1.33. The Morgan fingerprint density at radius 3 is 2.79 bits per heavy atom. The van der Waals surface area contributed by atoms with Crippen LogP contribution in [-0.4, -0.2) is 60.2 Å². The number of morpholine rings is 1. The summed E-state index contributed by atoms with van der Waals surface area (Å²) in [4.78, 5) is 25.7. The maximum absolute atomic E-state index is 11.4. The van der Waals surface area contributed by atoms with Gasteiger partial charge in [-0.1, -0.05) is 0 Å². The van der Waals surface area contributed by atoms with Gasteiger partial charge in [0, 0.05) is 0 Å². The molecule has 0 aromatic rings. The molecule has 1 saturated heterocycles. The Hall–Kier alpha value is -1.56. The molecule has 2 aliphatic rings. The van der Waals surface area contributed by atoms with E-state index in [4.69, 9.17) is 4.74 Å². The average Bonchev–Trinajstić information content (AvgIpc) is 2.23. The van der Waals surface area contributed by atoms with E-state index in [2.05, 4.69) is 4.99 Å². The fourth-order valence-corrected chi connectivity index (χ4v) is 1.38. The molecular formula is C8H10N3O3+. The Morgan fingerprint density at radius 2 is 2.07 bits per heavy atom. The Kier molecular flexibility index (Phi) is 2.36. The second-order valence-electron chi connectivity index (χ2n) is 2.95. The summed E-state index contributed by atoms with van der Waals surface area (Å²) >= 11 is 0. The average molecular weight is 196 g/mol. The second kappa shape index (κ2) is 3.67. The van der Waals surface area contributed by atoms with Gasteiger partial charge in [0.2, 0.25) is 6.21 Å². The van der Waals surface area contributed by atoms with Gasteiger partial charge < -0.3 is 4.74 Å². The van der Waals surface area contributed by atoms with E-state index in [1.165, 1.54) is 17.1 Å². The summed E-state index contributed by atoms with van der Waals surface area (Å²) in [7, 11) is 0. The molecule has 2 amide bonds. The van der Waals surface area contributed by atoms with E-state index < -0.39 is 11.8 Å². The predicted octanol–water partition coefficient (Wildman–Crippen LogP) is -1.55. The topological polar surface area (TPSA) is 62.0 Å². The normalized spacial score (nSPS) is 22.6. The first-order chi connectivity index (χ1) is 6.79. The van der Waals surface area contributed by atoms with Crippen LogP contribution < -0.4 is 0 Å². The van der Waals surface area contributed by atoms with E-state index in [9.17, 15) is 9.59 Å². The number of carbonyl (C=O) groups excluding carboxylic acids is 2. The van der Waals surface area contributed by atoms with E-state index in [0.29, 0.717) is 26.3 Å². The molecule has 0 N–H and O–H groups in total. The van der Waals surface area contributed by atoms with E-state index in [0.717, 1.165) is 0 Å². The van der Waals surface area contributed by atoms with Crippen molar-refractivity contribution in [3.8, 4) is 0 Å². The number of aliphatic imine (C=N–C) groups is 1. The number of carbonyl (C=O) groups is 2. The van der Waals surface area contributed by atoms with Gasteiger partial charge in [-0.25, -0.2) is 9.79 Å². The van der Waals surface area contributed by atoms with E-state index >= 15 is 0 Å². The highest BCUT2D eigenvalue weighted by Gasteiger charge is 2.34. The molecule has 1 fully saturated rings. The third-order valence-electron chi connectivity index (χ3n) is 2.08. The van der Waals surface area contributed by atoms with E-state index in [-0.39, 0.29) is 0 Å². The number of amides is 2.